The molecule has 0 radical (unpaired) electrons. The third kappa shape index (κ3) is 5.34. The van der Waals surface area contributed by atoms with Crippen LogP contribution in [0.4, 0.5) is 5.69 Å². The summed E-state index contributed by atoms with van der Waals surface area (Å²) in [7, 11) is 0. The average molecular weight is 419 g/mol. The van der Waals surface area contributed by atoms with Crippen molar-refractivity contribution in [3.8, 4) is 0 Å². The lowest BCUT2D eigenvalue weighted by molar-refractivity contribution is 0.0548. The number of nitrogens with zero attached hydrogens (tertiary/aromatic N) is 2. The molecule has 2 aliphatic rings. The largest absolute Gasteiger partial charge is 0.378 e. The van der Waals surface area contributed by atoms with Crippen LogP contribution < -0.4 is 10.7 Å². The van der Waals surface area contributed by atoms with Crippen LogP contribution in [0, 0.1) is 0 Å². The summed E-state index contributed by atoms with van der Waals surface area (Å²) < 4.78 is 5.56. The van der Waals surface area contributed by atoms with Crippen molar-refractivity contribution in [3.63, 3.8) is 0 Å². The Morgan fingerprint density at radius 3 is 2.40 bits per heavy atom. The summed E-state index contributed by atoms with van der Waals surface area (Å²) >= 11 is 5.35. The fourth-order valence-electron chi connectivity index (χ4n) is 3.77. The van der Waals surface area contributed by atoms with Crippen molar-refractivity contribution in [1.82, 2.24) is 10.3 Å². The van der Waals surface area contributed by atoms with Crippen LogP contribution in [0.3, 0.4) is 0 Å². The van der Waals surface area contributed by atoms with Crippen molar-refractivity contribution in [3.05, 3.63) is 83.1 Å². The van der Waals surface area contributed by atoms with Crippen LogP contribution in [0.5, 0.6) is 0 Å². The predicted octanol–water partition coefficient (Wildman–Crippen LogP) is 4.42. The van der Waals surface area contributed by atoms with Crippen molar-refractivity contribution in [2.75, 3.05) is 31.6 Å². The number of allylic oxidation sites excluding steroid dienone is 2. The van der Waals surface area contributed by atoms with Crippen LogP contribution in [0.15, 0.2) is 82.6 Å². The number of rotatable bonds is 5. The van der Waals surface area contributed by atoms with Gasteiger partial charge in [0.2, 0.25) is 0 Å². The summed E-state index contributed by atoms with van der Waals surface area (Å²) in [5.74, 6) is 0. The molecule has 1 fully saturated rings. The first kappa shape index (κ1) is 20.3. The van der Waals surface area contributed by atoms with Crippen LogP contribution in [-0.2, 0) is 4.74 Å². The molecule has 30 heavy (non-hydrogen) atoms. The van der Waals surface area contributed by atoms with E-state index in [9.17, 15) is 0 Å². The van der Waals surface area contributed by atoms with Gasteiger partial charge in [0.1, 0.15) is 0 Å². The average Bonchev–Trinajstić information content (AvgIpc) is 3.18. The minimum Gasteiger partial charge on any atom is -0.378 e. The van der Waals surface area contributed by atoms with Crippen LogP contribution in [0.25, 0.3) is 6.08 Å². The second-order valence-corrected chi connectivity index (χ2v) is 7.65. The van der Waals surface area contributed by atoms with Gasteiger partial charge in [-0.05, 0) is 60.0 Å². The first-order valence-electron chi connectivity index (χ1n) is 10.3. The fourth-order valence-corrected chi connectivity index (χ4v) is 3.94. The molecule has 2 aromatic rings. The molecule has 0 spiro atoms. The van der Waals surface area contributed by atoms with Crippen molar-refractivity contribution < 1.29 is 4.74 Å². The standard InChI is InChI=1S/C24H26N4OS/c30-24(26-22-9-5-2-6-10-22)27-25-18-21-12-11-20(17-19-7-3-1-4-8-19)23(21)28-13-15-29-16-14-28/h1-10,17-18H,11-16H2,(H2,26,27,30)/b20-17-,25-18+. The van der Waals surface area contributed by atoms with E-state index in [1.165, 1.54) is 22.4 Å². The Bertz CT molecular complexity index is 948. The van der Waals surface area contributed by atoms with Crippen LogP contribution in [-0.4, -0.2) is 42.5 Å². The van der Waals surface area contributed by atoms with E-state index in [1.807, 2.05) is 42.6 Å². The Labute approximate surface area is 183 Å². The summed E-state index contributed by atoms with van der Waals surface area (Å²) in [5, 5.41) is 8.03. The Kier molecular flexibility index (Phi) is 6.90. The van der Waals surface area contributed by atoms with E-state index in [0.717, 1.165) is 44.8 Å². The minimum atomic E-state index is 0.476. The topological polar surface area (TPSA) is 48.9 Å². The van der Waals surface area contributed by atoms with Gasteiger partial charge >= 0.3 is 0 Å². The number of hydrogen-bond donors (Lipinski definition) is 2. The van der Waals surface area contributed by atoms with E-state index < -0.39 is 0 Å². The number of hydrogen-bond acceptors (Lipinski definition) is 4. The molecule has 0 saturated carbocycles. The fraction of sp³-hybridized carbons (Fsp3) is 0.250. The second-order valence-electron chi connectivity index (χ2n) is 7.24. The van der Waals surface area contributed by atoms with Crippen molar-refractivity contribution in [2.45, 2.75) is 12.8 Å². The number of benzene rings is 2. The molecule has 1 aliphatic heterocycles. The zero-order valence-electron chi connectivity index (χ0n) is 16.9. The first-order chi connectivity index (χ1) is 14.8. The first-order valence-corrected chi connectivity index (χ1v) is 10.7. The van der Waals surface area contributed by atoms with E-state index in [1.54, 1.807) is 0 Å². The molecule has 2 N–H and O–H groups in total. The third-order valence-corrected chi connectivity index (χ3v) is 5.35. The van der Waals surface area contributed by atoms with Gasteiger partial charge in [0.15, 0.2) is 5.11 Å². The molecule has 2 aromatic carbocycles. The van der Waals surface area contributed by atoms with Crippen molar-refractivity contribution in [1.29, 1.82) is 0 Å². The number of anilines is 1. The SMILES string of the molecule is S=C(N/N=C/C1=C(N2CCOCC2)C(=C\c2ccccc2)/CC1)Nc1ccccc1. The Morgan fingerprint density at radius 2 is 1.67 bits per heavy atom. The van der Waals surface area contributed by atoms with Gasteiger partial charge in [0, 0.05) is 24.5 Å². The Morgan fingerprint density at radius 1 is 0.967 bits per heavy atom. The molecule has 1 aliphatic carbocycles. The van der Waals surface area contributed by atoms with Gasteiger partial charge in [-0.3, -0.25) is 5.43 Å². The molecule has 4 rings (SSSR count). The number of ether oxygens (including phenoxy) is 1. The minimum absolute atomic E-state index is 0.476. The van der Waals surface area contributed by atoms with Gasteiger partial charge in [-0.15, -0.1) is 0 Å². The van der Waals surface area contributed by atoms with Gasteiger partial charge < -0.3 is 15.0 Å². The highest BCUT2D eigenvalue weighted by Gasteiger charge is 2.25. The summed E-state index contributed by atoms with van der Waals surface area (Å²) in [6.45, 7) is 3.33. The normalized spacial score (nSPS) is 18.3. The number of thiocarbonyl (C=S) groups is 1. The molecule has 0 atom stereocenters. The van der Waals surface area contributed by atoms with E-state index in [2.05, 4.69) is 51.1 Å². The lowest BCUT2D eigenvalue weighted by Gasteiger charge is -2.31. The van der Waals surface area contributed by atoms with Crippen molar-refractivity contribution in [2.24, 2.45) is 5.10 Å². The monoisotopic (exact) mass is 418 g/mol. The second kappa shape index (κ2) is 10.2. The highest BCUT2D eigenvalue weighted by Crippen LogP contribution is 2.34. The van der Waals surface area contributed by atoms with Crippen LogP contribution in [0.1, 0.15) is 18.4 Å². The Balaban J connectivity index is 1.50. The van der Waals surface area contributed by atoms with Gasteiger partial charge in [-0.25, -0.2) is 0 Å². The highest BCUT2D eigenvalue weighted by atomic mass is 32.1. The van der Waals surface area contributed by atoms with Crippen LogP contribution >= 0.6 is 12.2 Å². The molecule has 6 heteroatoms. The smallest absolute Gasteiger partial charge is 0.191 e. The quantitative estimate of drug-likeness (QED) is 0.428. The molecule has 0 amide bonds. The number of nitrogens with one attached hydrogen (secondary N) is 2. The van der Waals surface area contributed by atoms with E-state index >= 15 is 0 Å². The maximum absolute atomic E-state index is 5.56. The molecule has 154 valence electrons. The van der Waals surface area contributed by atoms with Gasteiger partial charge in [0.05, 0.1) is 19.4 Å². The highest BCUT2D eigenvalue weighted by molar-refractivity contribution is 7.80. The Hall–Kier alpha value is -2.96. The van der Waals surface area contributed by atoms with Crippen molar-refractivity contribution >= 4 is 35.3 Å². The van der Waals surface area contributed by atoms with E-state index in [0.29, 0.717) is 5.11 Å². The number of hydrazone groups is 1. The molecule has 1 heterocycles. The van der Waals surface area contributed by atoms with Gasteiger partial charge in [-0.1, -0.05) is 48.5 Å². The van der Waals surface area contributed by atoms with Gasteiger partial charge in [-0.2, -0.15) is 5.10 Å². The third-order valence-electron chi connectivity index (χ3n) is 5.16. The molecule has 1 saturated heterocycles. The molecular formula is C24H26N4OS. The lowest BCUT2D eigenvalue weighted by atomic mass is 10.1. The maximum atomic E-state index is 5.56. The summed E-state index contributed by atoms with van der Waals surface area (Å²) in [6, 6.07) is 20.3. The predicted molar refractivity (Wildman–Crippen MR) is 127 cm³/mol. The van der Waals surface area contributed by atoms with E-state index in [-0.39, 0.29) is 0 Å². The number of para-hydroxylation sites is 1. The molecule has 0 bridgehead atoms. The zero-order valence-corrected chi connectivity index (χ0v) is 17.7. The van der Waals surface area contributed by atoms with Gasteiger partial charge in [0.25, 0.3) is 0 Å². The molecule has 0 aromatic heterocycles. The molecule has 5 nitrogen and oxygen atoms in total. The summed E-state index contributed by atoms with van der Waals surface area (Å²) in [5.41, 5.74) is 8.97. The van der Waals surface area contributed by atoms with E-state index in [4.69, 9.17) is 17.0 Å². The summed E-state index contributed by atoms with van der Waals surface area (Å²) in [4.78, 5) is 2.42. The lowest BCUT2D eigenvalue weighted by Crippen LogP contribution is -2.36. The molecular weight excluding hydrogens is 392 g/mol. The maximum Gasteiger partial charge on any atom is 0.191 e. The summed E-state index contributed by atoms with van der Waals surface area (Å²) in [6.07, 6.45) is 6.18. The zero-order chi connectivity index (χ0) is 20.6. The number of morpholine rings is 1. The molecule has 0 unspecified atom stereocenters. The van der Waals surface area contributed by atoms with Crippen LogP contribution in [0.2, 0.25) is 0 Å².